The summed E-state index contributed by atoms with van der Waals surface area (Å²) in [6.45, 7) is 9.28. The van der Waals surface area contributed by atoms with Crippen LogP contribution in [0.1, 0.15) is 70.7 Å². The zero-order valence-electron chi connectivity index (χ0n) is 15.0. The summed E-state index contributed by atoms with van der Waals surface area (Å²) in [6, 6.07) is 4.28. The largest absolute Gasteiger partial charge is 0.331 e. The number of carbonyl (C=O) groups excluding carboxylic acids is 1. The third-order valence-electron chi connectivity index (χ3n) is 3.89. The van der Waals surface area contributed by atoms with Gasteiger partial charge in [0.2, 0.25) is 5.91 Å². The van der Waals surface area contributed by atoms with Gasteiger partial charge in [-0.3, -0.25) is 4.79 Å². The highest BCUT2D eigenvalue weighted by atomic mass is 32.1. The Hall–Kier alpha value is -1.35. The second kappa shape index (κ2) is 11.2. The molecule has 0 aliphatic heterocycles. The molecule has 0 aromatic carbocycles. The van der Waals surface area contributed by atoms with Gasteiger partial charge in [0.1, 0.15) is 0 Å². The summed E-state index contributed by atoms with van der Waals surface area (Å²) < 4.78 is 0. The van der Waals surface area contributed by atoms with Crippen molar-refractivity contribution in [2.45, 2.75) is 65.8 Å². The van der Waals surface area contributed by atoms with Gasteiger partial charge in [-0.2, -0.15) is 0 Å². The van der Waals surface area contributed by atoms with Gasteiger partial charge < -0.3 is 4.90 Å². The first-order valence-electron chi connectivity index (χ1n) is 8.78. The van der Waals surface area contributed by atoms with Crippen LogP contribution >= 0.6 is 11.3 Å². The number of unbranched alkanes of at least 4 members (excludes halogenated alkanes) is 2. The third-order valence-corrected chi connectivity index (χ3v) is 4.81. The van der Waals surface area contributed by atoms with Crippen LogP contribution in [-0.4, -0.2) is 17.4 Å². The number of allylic oxidation sites excluding steroid dienone is 3. The maximum absolute atomic E-state index is 12.8. The van der Waals surface area contributed by atoms with E-state index in [4.69, 9.17) is 0 Å². The van der Waals surface area contributed by atoms with Crippen molar-refractivity contribution in [2.75, 3.05) is 6.54 Å². The lowest BCUT2D eigenvalue weighted by Gasteiger charge is -2.32. The van der Waals surface area contributed by atoms with Gasteiger partial charge in [0, 0.05) is 17.8 Å². The van der Waals surface area contributed by atoms with Crippen molar-refractivity contribution < 1.29 is 4.79 Å². The van der Waals surface area contributed by atoms with Gasteiger partial charge in [-0.05, 0) is 43.7 Å². The zero-order valence-corrected chi connectivity index (χ0v) is 15.9. The second-order valence-electron chi connectivity index (χ2n) is 5.90. The maximum Gasteiger partial charge on any atom is 0.223 e. The van der Waals surface area contributed by atoms with Crippen molar-refractivity contribution in [3.05, 3.63) is 46.2 Å². The molecule has 1 heterocycles. The van der Waals surface area contributed by atoms with Crippen molar-refractivity contribution in [2.24, 2.45) is 0 Å². The average Bonchev–Trinajstić information content (AvgIpc) is 3.06. The first-order chi connectivity index (χ1) is 11.2. The molecule has 1 rings (SSSR count). The standard InChI is InChI=1S/C20H31NOS/c1-5-8-10-14-19(22)21(15-7-3)20(17(4)12-9-6-2)18-13-11-16-23-18/h6,9,11-13,16,20H,5,7-8,10,14-15H2,1-4H3/b9-6-,17-12+. The number of amides is 1. The van der Waals surface area contributed by atoms with Gasteiger partial charge in [0.25, 0.3) is 0 Å². The summed E-state index contributed by atoms with van der Waals surface area (Å²) in [4.78, 5) is 16.1. The lowest BCUT2D eigenvalue weighted by molar-refractivity contribution is -0.133. The number of rotatable bonds is 10. The number of hydrogen-bond donors (Lipinski definition) is 0. The Morgan fingerprint density at radius 2 is 2.09 bits per heavy atom. The van der Waals surface area contributed by atoms with E-state index in [0.29, 0.717) is 6.42 Å². The highest BCUT2D eigenvalue weighted by Crippen LogP contribution is 2.32. The Bertz CT molecular complexity index is 502. The number of carbonyl (C=O) groups is 1. The molecule has 1 atom stereocenters. The van der Waals surface area contributed by atoms with E-state index >= 15 is 0 Å². The predicted molar refractivity (Wildman–Crippen MR) is 102 cm³/mol. The summed E-state index contributed by atoms with van der Waals surface area (Å²) in [5, 5.41) is 2.09. The van der Waals surface area contributed by atoms with Crippen LogP contribution in [0, 0.1) is 0 Å². The molecule has 128 valence electrons. The second-order valence-corrected chi connectivity index (χ2v) is 6.88. The van der Waals surface area contributed by atoms with Gasteiger partial charge in [-0.25, -0.2) is 0 Å². The lowest BCUT2D eigenvalue weighted by Crippen LogP contribution is -2.35. The Kier molecular flexibility index (Phi) is 9.61. The van der Waals surface area contributed by atoms with Crippen LogP contribution in [0.5, 0.6) is 0 Å². The topological polar surface area (TPSA) is 20.3 Å². The Morgan fingerprint density at radius 3 is 2.65 bits per heavy atom. The fourth-order valence-electron chi connectivity index (χ4n) is 2.72. The van der Waals surface area contributed by atoms with E-state index in [-0.39, 0.29) is 11.9 Å². The molecule has 0 N–H and O–H groups in total. The molecule has 0 bridgehead atoms. The van der Waals surface area contributed by atoms with E-state index in [1.165, 1.54) is 10.5 Å². The molecular formula is C20H31NOS. The van der Waals surface area contributed by atoms with E-state index < -0.39 is 0 Å². The summed E-state index contributed by atoms with van der Waals surface area (Å²) >= 11 is 1.73. The van der Waals surface area contributed by atoms with Crippen molar-refractivity contribution >= 4 is 17.2 Å². The number of thiophene rings is 1. The molecule has 3 heteroatoms. The van der Waals surface area contributed by atoms with Crippen LogP contribution in [0.15, 0.2) is 41.3 Å². The molecule has 23 heavy (non-hydrogen) atoms. The van der Waals surface area contributed by atoms with Crippen molar-refractivity contribution in [3.8, 4) is 0 Å². The summed E-state index contributed by atoms with van der Waals surface area (Å²) in [5.74, 6) is 0.284. The Morgan fingerprint density at radius 1 is 1.30 bits per heavy atom. The lowest BCUT2D eigenvalue weighted by atomic mass is 10.0. The molecule has 2 nitrogen and oxygen atoms in total. The van der Waals surface area contributed by atoms with Crippen LogP contribution in [0.4, 0.5) is 0 Å². The van der Waals surface area contributed by atoms with Crippen LogP contribution in [0.25, 0.3) is 0 Å². The molecule has 0 saturated carbocycles. The first-order valence-corrected chi connectivity index (χ1v) is 9.65. The Labute approximate surface area is 145 Å². The molecule has 0 aliphatic rings. The zero-order chi connectivity index (χ0) is 17.1. The highest BCUT2D eigenvalue weighted by Gasteiger charge is 2.26. The van der Waals surface area contributed by atoms with E-state index in [2.05, 4.69) is 55.3 Å². The predicted octanol–water partition coefficient (Wildman–Crippen LogP) is 6.13. The van der Waals surface area contributed by atoms with Gasteiger partial charge in [-0.15, -0.1) is 11.3 Å². The number of hydrogen-bond acceptors (Lipinski definition) is 2. The third kappa shape index (κ3) is 6.34. The fraction of sp³-hybridized carbons (Fsp3) is 0.550. The molecule has 1 amide bonds. The summed E-state index contributed by atoms with van der Waals surface area (Å²) in [6.07, 6.45) is 11.1. The SMILES string of the molecule is C/C=C\C=C(/C)C(c1cccs1)N(CCC)C(=O)CCCCC. The molecule has 1 unspecified atom stereocenters. The van der Waals surface area contributed by atoms with E-state index in [0.717, 1.165) is 32.2 Å². The quantitative estimate of drug-likeness (QED) is 0.372. The summed E-state index contributed by atoms with van der Waals surface area (Å²) in [7, 11) is 0. The Balaban J connectivity index is 3.05. The molecule has 0 saturated heterocycles. The molecule has 1 aromatic rings. The fourth-order valence-corrected chi connectivity index (χ4v) is 3.63. The van der Waals surface area contributed by atoms with Crippen LogP contribution in [-0.2, 0) is 4.79 Å². The van der Waals surface area contributed by atoms with Gasteiger partial charge in [0.05, 0.1) is 6.04 Å². The molecule has 1 aromatic heterocycles. The van der Waals surface area contributed by atoms with Crippen molar-refractivity contribution in [3.63, 3.8) is 0 Å². The molecule has 0 spiro atoms. The van der Waals surface area contributed by atoms with E-state index in [1.54, 1.807) is 11.3 Å². The van der Waals surface area contributed by atoms with Crippen molar-refractivity contribution in [1.82, 2.24) is 4.90 Å². The highest BCUT2D eigenvalue weighted by molar-refractivity contribution is 7.10. The van der Waals surface area contributed by atoms with Crippen LogP contribution in [0.3, 0.4) is 0 Å². The first kappa shape index (κ1) is 19.7. The molecule has 0 aliphatic carbocycles. The number of nitrogens with zero attached hydrogens (tertiary/aromatic N) is 1. The molecular weight excluding hydrogens is 302 g/mol. The minimum Gasteiger partial charge on any atom is -0.331 e. The monoisotopic (exact) mass is 333 g/mol. The molecule has 0 fully saturated rings. The average molecular weight is 334 g/mol. The maximum atomic E-state index is 12.8. The van der Waals surface area contributed by atoms with Gasteiger partial charge in [0.15, 0.2) is 0 Å². The van der Waals surface area contributed by atoms with E-state index in [1.807, 2.05) is 13.0 Å². The minimum atomic E-state index is 0.0697. The molecule has 0 radical (unpaired) electrons. The minimum absolute atomic E-state index is 0.0697. The van der Waals surface area contributed by atoms with Crippen LogP contribution < -0.4 is 0 Å². The van der Waals surface area contributed by atoms with E-state index in [9.17, 15) is 4.79 Å². The van der Waals surface area contributed by atoms with Crippen molar-refractivity contribution in [1.29, 1.82) is 0 Å². The van der Waals surface area contributed by atoms with Crippen LogP contribution in [0.2, 0.25) is 0 Å². The van der Waals surface area contributed by atoms with Gasteiger partial charge in [-0.1, -0.05) is 51.0 Å². The summed E-state index contributed by atoms with van der Waals surface area (Å²) in [5.41, 5.74) is 1.22. The smallest absolute Gasteiger partial charge is 0.223 e. The van der Waals surface area contributed by atoms with Gasteiger partial charge >= 0.3 is 0 Å². The normalized spacial score (nSPS) is 13.5.